The molecular formula is C24H37N3O2. The van der Waals surface area contributed by atoms with Gasteiger partial charge in [0.2, 0.25) is 0 Å². The Labute approximate surface area is 175 Å². The summed E-state index contributed by atoms with van der Waals surface area (Å²) < 4.78 is 11.4. The Bertz CT molecular complexity index is 689. The summed E-state index contributed by atoms with van der Waals surface area (Å²) in [6, 6.07) is 8.69. The van der Waals surface area contributed by atoms with Crippen LogP contribution in [-0.2, 0) is 10.2 Å². The van der Waals surface area contributed by atoms with Crippen LogP contribution in [0.5, 0.6) is 5.75 Å². The molecule has 0 amide bonds. The van der Waals surface area contributed by atoms with E-state index in [-0.39, 0.29) is 5.41 Å². The van der Waals surface area contributed by atoms with E-state index < -0.39 is 0 Å². The van der Waals surface area contributed by atoms with E-state index in [1.807, 2.05) is 14.0 Å². The summed E-state index contributed by atoms with van der Waals surface area (Å²) in [5, 5.41) is 3.76. The van der Waals surface area contributed by atoms with Gasteiger partial charge in [-0.1, -0.05) is 25.0 Å². The van der Waals surface area contributed by atoms with E-state index in [4.69, 9.17) is 9.47 Å². The average molecular weight is 400 g/mol. The molecule has 0 atom stereocenters. The standard InChI is InChI=1S/C24H37N3O2/c1-3-29-21-8-6-20(7-9-21)24(13-16-28-17-14-24)18-26-22(25-2)27-15-12-23(19-27)10-4-5-11-23/h6-9H,3-5,10-19H2,1-2H3,(H,25,26). The molecule has 0 radical (unpaired) electrons. The van der Waals surface area contributed by atoms with Crippen LogP contribution in [0.15, 0.2) is 29.3 Å². The van der Waals surface area contributed by atoms with E-state index in [1.165, 1.54) is 44.2 Å². The first-order valence-electron chi connectivity index (χ1n) is 11.5. The van der Waals surface area contributed by atoms with Crippen LogP contribution in [-0.4, -0.2) is 57.4 Å². The Morgan fingerprint density at radius 1 is 1.10 bits per heavy atom. The average Bonchev–Trinajstić information content (AvgIpc) is 3.40. The topological polar surface area (TPSA) is 46.1 Å². The molecule has 2 heterocycles. The molecule has 1 spiro atoms. The molecule has 1 aromatic carbocycles. The third kappa shape index (κ3) is 4.40. The van der Waals surface area contributed by atoms with Gasteiger partial charge in [0.25, 0.3) is 0 Å². The molecule has 1 aliphatic carbocycles. The summed E-state index contributed by atoms with van der Waals surface area (Å²) in [4.78, 5) is 7.15. The summed E-state index contributed by atoms with van der Waals surface area (Å²) in [5.41, 5.74) is 2.02. The van der Waals surface area contributed by atoms with Gasteiger partial charge in [0.1, 0.15) is 5.75 Å². The molecule has 1 N–H and O–H groups in total. The van der Waals surface area contributed by atoms with Crippen LogP contribution in [0.3, 0.4) is 0 Å². The first-order chi connectivity index (χ1) is 14.2. The van der Waals surface area contributed by atoms with Crippen molar-refractivity contribution in [3.8, 4) is 5.75 Å². The zero-order valence-corrected chi connectivity index (χ0v) is 18.2. The van der Waals surface area contributed by atoms with Gasteiger partial charge in [-0.3, -0.25) is 4.99 Å². The Kier molecular flexibility index (Phi) is 6.33. The van der Waals surface area contributed by atoms with E-state index >= 15 is 0 Å². The highest BCUT2D eigenvalue weighted by atomic mass is 16.5. The van der Waals surface area contributed by atoms with E-state index in [0.29, 0.717) is 12.0 Å². The van der Waals surface area contributed by atoms with Crippen LogP contribution in [0.4, 0.5) is 0 Å². The number of benzene rings is 1. The largest absolute Gasteiger partial charge is 0.494 e. The molecular weight excluding hydrogens is 362 g/mol. The maximum absolute atomic E-state index is 5.71. The number of nitrogens with one attached hydrogen (secondary N) is 1. The number of likely N-dealkylation sites (tertiary alicyclic amines) is 1. The second kappa shape index (κ2) is 8.95. The minimum absolute atomic E-state index is 0.0870. The van der Waals surface area contributed by atoms with Gasteiger partial charge in [0.05, 0.1) is 6.61 Å². The lowest BCUT2D eigenvalue weighted by Gasteiger charge is -2.39. The summed E-state index contributed by atoms with van der Waals surface area (Å²) in [6.07, 6.45) is 9.00. The van der Waals surface area contributed by atoms with Crippen molar-refractivity contribution in [2.45, 2.75) is 57.3 Å². The fraction of sp³-hybridized carbons (Fsp3) is 0.708. The minimum atomic E-state index is 0.0870. The lowest BCUT2D eigenvalue weighted by atomic mass is 9.74. The van der Waals surface area contributed by atoms with Gasteiger partial charge in [-0.15, -0.1) is 0 Å². The van der Waals surface area contributed by atoms with Crippen molar-refractivity contribution >= 4 is 5.96 Å². The number of guanidine groups is 1. The maximum Gasteiger partial charge on any atom is 0.193 e. The van der Waals surface area contributed by atoms with E-state index in [1.54, 1.807) is 0 Å². The molecule has 160 valence electrons. The number of hydrogen-bond donors (Lipinski definition) is 1. The highest BCUT2D eigenvalue weighted by Gasteiger charge is 2.42. The molecule has 4 rings (SSSR count). The van der Waals surface area contributed by atoms with E-state index in [9.17, 15) is 0 Å². The van der Waals surface area contributed by atoms with Crippen LogP contribution < -0.4 is 10.1 Å². The Hall–Kier alpha value is -1.75. The zero-order valence-electron chi connectivity index (χ0n) is 18.2. The minimum Gasteiger partial charge on any atom is -0.494 e. The monoisotopic (exact) mass is 399 g/mol. The van der Waals surface area contributed by atoms with Crippen LogP contribution in [0.1, 0.15) is 57.4 Å². The third-order valence-corrected chi connectivity index (χ3v) is 7.43. The van der Waals surface area contributed by atoms with Crippen molar-refractivity contribution in [3.05, 3.63) is 29.8 Å². The summed E-state index contributed by atoms with van der Waals surface area (Å²) in [6.45, 7) is 7.58. The van der Waals surface area contributed by atoms with Crippen molar-refractivity contribution in [2.75, 3.05) is 46.5 Å². The normalized spacial score (nSPS) is 23.5. The number of hydrogen-bond acceptors (Lipinski definition) is 3. The van der Waals surface area contributed by atoms with Crippen molar-refractivity contribution in [1.29, 1.82) is 0 Å². The SMILES string of the molecule is CCOc1ccc(C2(CNC(=NC)N3CCC4(CCCC4)C3)CCOCC2)cc1. The lowest BCUT2D eigenvalue weighted by molar-refractivity contribution is 0.0512. The Balaban J connectivity index is 1.45. The second-order valence-electron chi connectivity index (χ2n) is 9.13. The molecule has 2 saturated heterocycles. The molecule has 0 unspecified atom stereocenters. The van der Waals surface area contributed by atoms with E-state index in [0.717, 1.165) is 50.9 Å². The molecule has 5 heteroatoms. The second-order valence-corrected chi connectivity index (χ2v) is 9.13. The van der Waals surface area contributed by atoms with Crippen LogP contribution >= 0.6 is 0 Å². The molecule has 0 bridgehead atoms. The third-order valence-electron chi connectivity index (χ3n) is 7.43. The van der Waals surface area contributed by atoms with Gasteiger partial charge >= 0.3 is 0 Å². The van der Waals surface area contributed by atoms with Crippen LogP contribution in [0.2, 0.25) is 0 Å². The molecule has 0 aromatic heterocycles. The quantitative estimate of drug-likeness (QED) is 0.601. The zero-order chi connectivity index (χ0) is 20.2. The van der Waals surface area contributed by atoms with Gasteiger partial charge < -0.3 is 19.7 Å². The van der Waals surface area contributed by atoms with Gasteiger partial charge in [0, 0.05) is 45.3 Å². The highest BCUT2D eigenvalue weighted by molar-refractivity contribution is 5.80. The number of aliphatic imine (C=N–C) groups is 1. The van der Waals surface area contributed by atoms with Crippen molar-refractivity contribution in [2.24, 2.45) is 10.4 Å². The molecule has 1 aromatic rings. The van der Waals surface area contributed by atoms with Crippen molar-refractivity contribution < 1.29 is 9.47 Å². The Morgan fingerprint density at radius 2 is 1.83 bits per heavy atom. The molecule has 2 aliphatic heterocycles. The van der Waals surface area contributed by atoms with E-state index in [2.05, 4.69) is 39.5 Å². The lowest BCUT2D eigenvalue weighted by Crippen LogP contribution is -2.49. The van der Waals surface area contributed by atoms with Gasteiger partial charge in [-0.2, -0.15) is 0 Å². The van der Waals surface area contributed by atoms with Crippen molar-refractivity contribution in [1.82, 2.24) is 10.2 Å². The smallest absolute Gasteiger partial charge is 0.193 e. The van der Waals surface area contributed by atoms with Crippen LogP contribution in [0.25, 0.3) is 0 Å². The first kappa shape index (κ1) is 20.5. The predicted molar refractivity (Wildman–Crippen MR) is 118 cm³/mol. The molecule has 3 aliphatic rings. The van der Waals surface area contributed by atoms with Gasteiger partial charge in [-0.05, 0) is 62.1 Å². The van der Waals surface area contributed by atoms with Crippen LogP contribution in [0, 0.1) is 5.41 Å². The summed E-state index contributed by atoms with van der Waals surface area (Å²) in [7, 11) is 1.93. The first-order valence-corrected chi connectivity index (χ1v) is 11.5. The van der Waals surface area contributed by atoms with Gasteiger partial charge in [-0.25, -0.2) is 0 Å². The highest BCUT2D eigenvalue weighted by Crippen LogP contribution is 2.45. The Morgan fingerprint density at radius 3 is 2.48 bits per heavy atom. The van der Waals surface area contributed by atoms with Gasteiger partial charge in [0.15, 0.2) is 5.96 Å². The molecule has 3 fully saturated rings. The fourth-order valence-corrected chi connectivity index (χ4v) is 5.63. The fourth-order valence-electron chi connectivity index (χ4n) is 5.63. The number of nitrogens with zero attached hydrogens (tertiary/aromatic N) is 2. The maximum atomic E-state index is 5.71. The molecule has 5 nitrogen and oxygen atoms in total. The number of rotatable bonds is 5. The number of ether oxygens (including phenoxy) is 2. The molecule has 29 heavy (non-hydrogen) atoms. The predicted octanol–water partition coefficient (Wildman–Crippen LogP) is 3.98. The molecule has 1 saturated carbocycles. The summed E-state index contributed by atoms with van der Waals surface area (Å²) in [5.74, 6) is 2.02. The van der Waals surface area contributed by atoms with Crippen molar-refractivity contribution in [3.63, 3.8) is 0 Å². The summed E-state index contributed by atoms with van der Waals surface area (Å²) >= 11 is 0.